The molecular weight excluding hydrogens is 249 g/mol. The molecule has 0 aliphatic heterocycles. The summed E-state index contributed by atoms with van der Waals surface area (Å²) in [6.45, 7) is 2.40. The van der Waals surface area contributed by atoms with Crippen LogP contribution in [-0.2, 0) is 13.6 Å². The Morgan fingerprint density at radius 3 is 2.84 bits per heavy atom. The number of rotatable bonds is 4. The Hall–Kier alpha value is -2.37. The van der Waals surface area contributed by atoms with Crippen LogP contribution >= 0.6 is 0 Å². The number of nitrogens with zero attached hydrogens (tertiary/aromatic N) is 2. The van der Waals surface area contributed by atoms with Gasteiger partial charge in [-0.25, -0.2) is 9.18 Å². The predicted molar refractivity (Wildman–Crippen MR) is 68.6 cm³/mol. The molecule has 2 N–H and O–H groups in total. The van der Waals surface area contributed by atoms with Crippen LogP contribution in [0.15, 0.2) is 24.4 Å². The largest absolute Gasteiger partial charge is 0.478 e. The average molecular weight is 263 g/mol. The van der Waals surface area contributed by atoms with E-state index in [4.69, 9.17) is 5.11 Å². The van der Waals surface area contributed by atoms with E-state index in [2.05, 4.69) is 10.4 Å². The predicted octanol–water partition coefficient (Wildman–Crippen LogP) is 2.18. The Morgan fingerprint density at radius 1 is 1.53 bits per heavy atom. The molecule has 0 spiro atoms. The highest BCUT2D eigenvalue weighted by atomic mass is 19.1. The molecule has 0 amide bonds. The van der Waals surface area contributed by atoms with Crippen LogP contribution in [0.25, 0.3) is 0 Å². The first kappa shape index (κ1) is 13.1. The molecule has 0 aliphatic carbocycles. The second kappa shape index (κ2) is 5.09. The lowest BCUT2D eigenvalue weighted by Crippen LogP contribution is -2.04. The molecule has 100 valence electrons. The molecule has 19 heavy (non-hydrogen) atoms. The molecule has 1 heterocycles. The van der Waals surface area contributed by atoms with Gasteiger partial charge in [-0.15, -0.1) is 0 Å². The maximum Gasteiger partial charge on any atom is 0.338 e. The monoisotopic (exact) mass is 263 g/mol. The van der Waals surface area contributed by atoms with Crippen molar-refractivity contribution in [2.75, 3.05) is 5.32 Å². The van der Waals surface area contributed by atoms with Crippen molar-refractivity contribution in [3.05, 3.63) is 47.0 Å². The molecule has 0 fully saturated rings. The SMILES string of the molecule is Cc1nn(C)cc1CNc1ccc(F)c(C(=O)O)c1. The quantitative estimate of drug-likeness (QED) is 0.887. The fourth-order valence-electron chi connectivity index (χ4n) is 1.82. The van der Waals surface area contributed by atoms with Crippen LogP contribution in [-0.4, -0.2) is 20.9 Å². The Kier molecular flexibility index (Phi) is 3.50. The molecule has 1 aromatic carbocycles. The number of halogens is 1. The van der Waals surface area contributed by atoms with E-state index < -0.39 is 11.8 Å². The van der Waals surface area contributed by atoms with E-state index in [0.29, 0.717) is 12.2 Å². The average Bonchev–Trinajstić information content (AvgIpc) is 2.66. The van der Waals surface area contributed by atoms with Gasteiger partial charge < -0.3 is 10.4 Å². The summed E-state index contributed by atoms with van der Waals surface area (Å²) in [6.07, 6.45) is 1.88. The molecule has 0 radical (unpaired) electrons. The van der Waals surface area contributed by atoms with Crippen LogP contribution < -0.4 is 5.32 Å². The summed E-state index contributed by atoms with van der Waals surface area (Å²) >= 11 is 0. The van der Waals surface area contributed by atoms with E-state index in [0.717, 1.165) is 17.3 Å². The van der Waals surface area contributed by atoms with Crippen molar-refractivity contribution in [1.82, 2.24) is 9.78 Å². The van der Waals surface area contributed by atoms with Gasteiger partial charge in [-0.3, -0.25) is 4.68 Å². The number of hydrogen-bond donors (Lipinski definition) is 2. The van der Waals surface area contributed by atoms with Crippen LogP contribution in [0.2, 0.25) is 0 Å². The number of anilines is 1. The molecule has 5 nitrogen and oxygen atoms in total. The number of hydrogen-bond acceptors (Lipinski definition) is 3. The molecular formula is C13H14FN3O2. The zero-order valence-electron chi connectivity index (χ0n) is 10.6. The Morgan fingerprint density at radius 2 is 2.26 bits per heavy atom. The third-order valence-electron chi connectivity index (χ3n) is 2.79. The summed E-state index contributed by atoms with van der Waals surface area (Å²) in [6, 6.07) is 3.93. The fraction of sp³-hybridized carbons (Fsp3) is 0.231. The van der Waals surface area contributed by atoms with Gasteiger partial charge in [-0.05, 0) is 25.1 Å². The van der Waals surface area contributed by atoms with Crippen LogP contribution in [0, 0.1) is 12.7 Å². The van der Waals surface area contributed by atoms with Crippen LogP contribution in [0.3, 0.4) is 0 Å². The van der Waals surface area contributed by atoms with Gasteiger partial charge in [0.15, 0.2) is 0 Å². The number of aromatic nitrogens is 2. The molecule has 0 unspecified atom stereocenters. The number of aryl methyl sites for hydroxylation is 2. The molecule has 1 aromatic heterocycles. The lowest BCUT2D eigenvalue weighted by molar-refractivity contribution is 0.0692. The van der Waals surface area contributed by atoms with E-state index in [1.165, 1.54) is 12.1 Å². The number of carbonyl (C=O) groups is 1. The lowest BCUT2D eigenvalue weighted by Gasteiger charge is -2.07. The summed E-state index contributed by atoms with van der Waals surface area (Å²) in [4.78, 5) is 10.8. The Bertz CT molecular complexity index is 622. The van der Waals surface area contributed by atoms with Crippen molar-refractivity contribution in [3.63, 3.8) is 0 Å². The molecule has 0 bridgehead atoms. The summed E-state index contributed by atoms with van der Waals surface area (Å²) in [5.74, 6) is -2.02. The zero-order chi connectivity index (χ0) is 14.0. The van der Waals surface area contributed by atoms with E-state index in [9.17, 15) is 9.18 Å². The molecule has 0 atom stereocenters. The highest BCUT2D eigenvalue weighted by molar-refractivity contribution is 5.89. The first-order valence-corrected chi connectivity index (χ1v) is 5.73. The summed E-state index contributed by atoms with van der Waals surface area (Å²) in [7, 11) is 1.83. The van der Waals surface area contributed by atoms with Gasteiger partial charge in [0.25, 0.3) is 0 Å². The molecule has 2 rings (SSSR count). The number of carboxylic acids is 1. The van der Waals surface area contributed by atoms with E-state index in [1.54, 1.807) is 4.68 Å². The Labute approximate surface area is 109 Å². The topological polar surface area (TPSA) is 67.2 Å². The van der Waals surface area contributed by atoms with Crippen LogP contribution in [0.1, 0.15) is 21.6 Å². The summed E-state index contributed by atoms with van der Waals surface area (Å²) in [5, 5.41) is 16.1. The normalized spacial score (nSPS) is 10.5. The van der Waals surface area contributed by atoms with Crippen molar-refractivity contribution in [2.24, 2.45) is 7.05 Å². The van der Waals surface area contributed by atoms with Gasteiger partial charge in [0.1, 0.15) is 5.82 Å². The molecule has 0 aliphatic rings. The highest BCUT2D eigenvalue weighted by Gasteiger charge is 2.11. The third-order valence-corrected chi connectivity index (χ3v) is 2.79. The van der Waals surface area contributed by atoms with Crippen LogP contribution in [0.4, 0.5) is 10.1 Å². The first-order valence-electron chi connectivity index (χ1n) is 5.73. The molecule has 0 saturated carbocycles. The second-order valence-corrected chi connectivity index (χ2v) is 4.27. The fourth-order valence-corrected chi connectivity index (χ4v) is 1.82. The van der Waals surface area contributed by atoms with Crippen molar-refractivity contribution >= 4 is 11.7 Å². The maximum absolute atomic E-state index is 13.2. The van der Waals surface area contributed by atoms with Gasteiger partial charge in [-0.1, -0.05) is 0 Å². The molecule has 6 heteroatoms. The standard InChI is InChI=1S/C13H14FN3O2/c1-8-9(7-17(2)16-8)6-15-10-3-4-12(14)11(5-10)13(18)19/h3-5,7,15H,6H2,1-2H3,(H,18,19). The van der Waals surface area contributed by atoms with Crippen molar-refractivity contribution in [1.29, 1.82) is 0 Å². The van der Waals surface area contributed by atoms with Gasteiger partial charge in [-0.2, -0.15) is 5.10 Å². The summed E-state index contributed by atoms with van der Waals surface area (Å²) < 4.78 is 14.9. The third kappa shape index (κ3) is 2.90. The molecule has 2 aromatic rings. The number of nitrogens with one attached hydrogen (secondary N) is 1. The smallest absolute Gasteiger partial charge is 0.338 e. The first-order chi connectivity index (χ1) is 8.97. The van der Waals surface area contributed by atoms with Gasteiger partial charge in [0.2, 0.25) is 0 Å². The van der Waals surface area contributed by atoms with Crippen molar-refractivity contribution in [2.45, 2.75) is 13.5 Å². The lowest BCUT2D eigenvalue weighted by atomic mass is 10.2. The minimum atomic E-state index is -1.28. The number of aromatic carboxylic acids is 1. The maximum atomic E-state index is 13.2. The molecule has 0 saturated heterocycles. The van der Waals surface area contributed by atoms with Crippen LogP contribution in [0.5, 0.6) is 0 Å². The second-order valence-electron chi connectivity index (χ2n) is 4.27. The van der Waals surface area contributed by atoms with Crippen molar-refractivity contribution < 1.29 is 14.3 Å². The number of carboxylic acid groups (broad SMARTS) is 1. The van der Waals surface area contributed by atoms with Gasteiger partial charge in [0.05, 0.1) is 11.3 Å². The van der Waals surface area contributed by atoms with Gasteiger partial charge >= 0.3 is 5.97 Å². The Balaban J connectivity index is 2.14. The minimum absolute atomic E-state index is 0.340. The van der Waals surface area contributed by atoms with Crippen molar-refractivity contribution in [3.8, 4) is 0 Å². The zero-order valence-corrected chi connectivity index (χ0v) is 10.6. The van der Waals surface area contributed by atoms with Gasteiger partial charge in [0, 0.05) is 31.0 Å². The van der Waals surface area contributed by atoms with E-state index >= 15 is 0 Å². The minimum Gasteiger partial charge on any atom is -0.478 e. The van der Waals surface area contributed by atoms with E-state index in [-0.39, 0.29) is 5.56 Å². The van der Waals surface area contributed by atoms with E-state index in [1.807, 2.05) is 20.2 Å². The number of benzene rings is 1. The summed E-state index contributed by atoms with van der Waals surface area (Å²) in [5.41, 5.74) is 2.12. The highest BCUT2D eigenvalue weighted by Crippen LogP contribution is 2.16.